The SMILES string of the molecule is O=C1CC(O)CCCCCCCCCCCCCCCCCCCCCCCO1. The zero-order chi connectivity index (χ0) is 20.8. The van der Waals surface area contributed by atoms with Gasteiger partial charge in [-0.1, -0.05) is 128 Å². The summed E-state index contributed by atoms with van der Waals surface area (Å²) in [6.07, 6.45) is 28.1. The molecule has 0 aromatic carbocycles. The topological polar surface area (TPSA) is 46.5 Å². The average molecular weight is 411 g/mol. The van der Waals surface area contributed by atoms with Gasteiger partial charge in [0.15, 0.2) is 0 Å². The minimum absolute atomic E-state index is 0.167. The maximum Gasteiger partial charge on any atom is 0.308 e. The van der Waals surface area contributed by atoms with Crippen molar-refractivity contribution in [3.63, 3.8) is 0 Å². The van der Waals surface area contributed by atoms with E-state index in [1.54, 1.807) is 0 Å². The smallest absolute Gasteiger partial charge is 0.308 e. The number of aliphatic hydroxyl groups excluding tert-OH is 1. The van der Waals surface area contributed by atoms with E-state index in [9.17, 15) is 9.90 Å². The second kappa shape index (κ2) is 20.7. The molecule has 29 heavy (non-hydrogen) atoms. The molecule has 1 fully saturated rings. The summed E-state index contributed by atoms with van der Waals surface area (Å²) in [6.45, 7) is 0.519. The number of aliphatic hydroxyl groups is 1. The Morgan fingerprint density at radius 2 is 0.828 bits per heavy atom. The Balaban J connectivity index is 2.14. The molecule has 0 spiro atoms. The van der Waals surface area contributed by atoms with Crippen molar-refractivity contribution >= 4 is 5.97 Å². The highest BCUT2D eigenvalue weighted by Gasteiger charge is 2.11. The summed E-state index contributed by atoms with van der Waals surface area (Å²) in [6, 6.07) is 0. The van der Waals surface area contributed by atoms with E-state index in [2.05, 4.69) is 0 Å². The van der Waals surface area contributed by atoms with Gasteiger partial charge >= 0.3 is 5.97 Å². The summed E-state index contributed by atoms with van der Waals surface area (Å²) in [4.78, 5) is 11.8. The van der Waals surface area contributed by atoms with Crippen molar-refractivity contribution in [3.8, 4) is 0 Å². The van der Waals surface area contributed by atoms with Crippen molar-refractivity contribution in [2.24, 2.45) is 0 Å². The summed E-state index contributed by atoms with van der Waals surface area (Å²) in [5.74, 6) is -0.227. The molecule has 1 rings (SSSR count). The van der Waals surface area contributed by atoms with Crippen LogP contribution in [0.15, 0.2) is 0 Å². The predicted octanol–water partition coefficient (Wildman–Crippen LogP) is 7.88. The van der Waals surface area contributed by atoms with E-state index in [1.165, 1.54) is 116 Å². The molecule has 1 aliphatic heterocycles. The van der Waals surface area contributed by atoms with Gasteiger partial charge in [-0.3, -0.25) is 4.79 Å². The Kier molecular flexibility index (Phi) is 18.9. The highest BCUT2D eigenvalue weighted by atomic mass is 16.5. The first-order valence-electron chi connectivity index (χ1n) is 13.1. The first-order valence-corrected chi connectivity index (χ1v) is 13.1. The van der Waals surface area contributed by atoms with E-state index in [0.29, 0.717) is 6.61 Å². The molecule has 0 amide bonds. The Bertz CT molecular complexity index is 356. The van der Waals surface area contributed by atoms with Crippen LogP contribution in [0.4, 0.5) is 0 Å². The second-order valence-corrected chi connectivity index (χ2v) is 9.29. The lowest BCUT2D eigenvalue weighted by molar-refractivity contribution is -0.146. The molecule has 1 atom stereocenters. The summed E-state index contributed by atoms with van der Waals surface area (Å²) < 4.78 is 5.28. The van der Waals surface area contributed by atoms with Crippen LogP contribution in [0, 0.1) is 0 Å². The molecule has 0 aromatic rings. The fraction of sp³-hybridized carbons (Fsp3) is 0.962. The first kappa shape index (κ1) is 26.5. The van der Waals surface area contributed by atoms with Crippen LogP contribution in [0.2, 0.25) is 0 Å². The van der Waals surface area contributed by atoms with Gasteiger partial charge in [-0.25, -0.2) is 0 Å². The van der Waals surface area contributed by atoms with Gasteiger partial charge in [0.2, 0.25) is 0 Å². The van der Waals surface area contributed by atoms with Crippen molar-refractivity contribution in [2.45, 2.75) is 154 Å². The van der Waals surface area contributed by atoms with Crippen molar-refractivity contribution in [2.75, 3.05) is 6.61 Å². The minimum atomic E-state index is -0.523. The zero-order valence-electron chi connectivity index (χ0n) is 19.3. The van der Waals surface area contributed by atoms with Gasteiger partial charge in [0.05, 0.1) is 19.1 Å². The minimum Gasteiger partial charge on any atom is -0.466 e. The van der Waals surface area contributed by atoms with Crippen LogP contribution >= 0.6 is 0 Å². The molecular formula is C26H50O3. The molecule has 1 saturated heterocycles. The standard InChI is InChI=1S/C26H50O3/c27-25-22-20-18-16-14-12-10-8-6-4-2-1-3-5-7-9-11-13-15-17-19-21-23-29-26(28)24-25/h25,27H,1-24H2. The van der Waals surface area contributed by atoms with Gasteiger partial charge in [0.1, 0.15) is 0 Å². The molecule has 3 nitrogen and oxygen atoms in total. The third kappa shape index (κ3) is 19.2. The fourth-order valence-electron chi connectivity index (χ4n) is 4.38. The average Bonchev–Trinajstić information content (AvgIpc) is 2.70. The summed E-state index contributed by atoms with van der Waals surface area (Å²) in [5.41, 5.74) is 0. The van der Waals surface area contributed by atoms with Gasteiger partial charge in [0, 0.05) is 0 Å². The fourth-order valence-corrected chi connectivity index (χ4v) is 4.38. The number of carbonyl (C=O) groups excluding carboxylic acids is 1. The lowest BCUT2D eigenvalue weighted by Crippen LogP contribution is -2.16. The van der Waals surface area contributed by atoms with Crippen LogP contribution in [0.1, 0.15) is 148 Å². The van der Waals surface area contributed by atoms with Crippen LogP contribution in [-0.2, 0) is 9.53 Å². The normalized spacial score (nSPS) is 25.6. The molecule has 0 saturated carbocycles. The van der Waals surface area contributed by atoms with Crippen LogP contribution in [0.25, 0.3) is 0 Å². The van der Waals surface area contributed by atoms with Gasteiger partial charge < -0.3 is 9.84 Å². The largest absolute Gasteiger partial charge is 0.466 e. The van der Waals surface area contributed by atoms with Gasteiger partial charge in [-0.05, 0) is 12.8 Å². The number of carbonyl (C=O) groups is 1. The highest BCUT2D eigenvalue weighted by Crippen LogP contribution is 2.16. The maximum absolute atomic E-state index is 11.8. The molecule has 1 N–H and O–H groups in total. The molecule has 1 heterocycles. The van der Waals surface area contributed by atoms with Crippen LogP contribution in [0.3, 0.4) is 0 Å². The number of hydrogen-bond acceptors (Lipinski definition) is 3. The number of cyclic esters (lactones) is 1. The van der Waals surface area contributed by atoms with Crippen molar-refractivity contribution in [3.05, 3.63) is 0 Å². The molecule has 1 unspecified atom stereocenters. The van der Waals surface area contributed by atoms with E-state index in [0.717, 1.165) is 25.7 Å². The van der Waals surface area contributed by atoms with Gasteiger partial charge in [-0.2, -0.15) is 0 Å². The molecule has 0 aliphatic carbocycles. The van der Waals surface area contributed by atoms with Crippen molar-refractivity contribution < 1.29 is 14.6 Å². The van der Waals surface area contributed by atoms with Crippen molar-refractivity contribution in [1.82, 2.24) is 0 Å². The molecule has 1 aliphatic rings. The van der Waals surface area contributed by atoms with E-state index >= 15 is 0 Å². The Morgan fingerprint density at radius 3 is 1.21 bits per heavy atom. The quantitative estimate of drug-likeness (QED) is 0.413. The second-order valence-electron chi connectivity index (χ2n) is 9.29. The van der Waals surface area contributed by atoms with E-state index in [-0.39, 0.29) is 12.4 Å². The number of hydrogen-bond donors (Lipinski definition) is 1. The highest BCUT2D eigenvalue weighted by molar-refractivity contribution is 5.69. The molecule has 0 aromatic heterocycles. The predicted molar refractivity (Wildman–Crippen MR) is 123 cm³/mol. The van der Waals surface area contributed by atoms with Crippen LogP contribution in [-0.4, -0.2) is 23.8 Å². The third-order valence-corrected chi connectivity index (χ3v) is 6.35. The monoisotopic (exact) mass is 410 g/mol. The lowest BCUT2D eigenvalue weighted by atomic mass is 10.0. The number of esters is 1. The maximum atomic E-state index is 11.8. The number of rotatable bonds is 0. The molecular weight excluding hydrogens is 360 g/mol. The molecule has 3 heteroatoms. The molecule has 172 valence electrons. The molecule has 0 bridgehead atoms. The van der Waals surface area contributed by atoms with E-state index in [4.69, 9.17) is 4.74 Å². The Hall–Kier alpha value is -0.570. The summed E-state index contributed by atoms with van der Waals surface area (Å²) in [5, 5.41) is 10.0. The van der Waals surface area contributed by atoms with Crippen molar-refractivity contribution in [1.29, 1.82) is 0 Å². The lowest BCUT2D eigenvalue weighted by Gasteiger charge is -2.10. The van der Waals surface area contributed by atoms with Gasteiger partial charge in [0.25, 0.3) is 0 Å². The zero-order valence-corrected chi connectivity index (χ0v) is 19.3. The Morgan fingerprint density at radius 1 is 0.517 bits per heavy atom. The van der Waals surface area contributed by atoms with E-state index in [1.807, 2.05) is 0 Å². The van der Waals surface area contributed by atoms with Crippen LogP contribution in [0.5, 0.6) is 0 Å². The summed E-state index contributed by atoms with van der Waals surface area (Å²) >= 11 is 0. The summed E-state index contributed by atoms with van der Waals surface area (Å²) in [7, 11) is 0. The van der Waals surface area contributed by atoms with E-state index < -0.39 is 6.10 Å². The Labute approximate surface area is 181 Å². The number of ether oxygens (including phenoxy) is 1. The first-order chi connectivity index (χ1) is 14.3. The van der Waals surface area contributed by atoms with Crippen LogP contribution < -0.4 is 0 Å². The molecule has 0 radical (unpaired) electrons. The van der Waals surface area contributed by atoms with Gasteiger partial charge in [-0.15, -0.1) is 0 Å². The third-order valence-electron chi connectivity index (χ3n) is 6.35.